The monoisotopic (exact) mass is 287 g/mol. The lowest BCUT2D eigenvalue weighted by atomic mass is 10.1. The third kappa shape index (κ3) is 3.59. The van der Waals surface area contributed by atoms with Gasteiger partial charge in [-0.1, -0.05) is 28.1 Å². The van der Waals surface area contributed by atoms with Crippen molar-refractivity contribution in [3.05, 3.63) is 34.3 Å². The largest absolute Gasteiger partial charge is 0.388 e. The van der Waals surface area contributed by atoms with E-state index in [-0.39, 0.29) is 12.3 Å². The van der Waals surface area contributed by atoms with Crippen LogP contribution >= 0.6 is 15.9 Å². The van der Waals surface area contributed by atoms with Crippen LogP contribution in [-0.4, -0.2) is 30.2 Å². The highest BCUT2D eigenvalue weighted by Crippen LogP contribution is 2.19. The normalized spacial score (nSPS) is 12.2. The number of hydrogen-bond acceptors (Lipinski definition) is 3. The van der Waals surface area contributed by atoms with Gasteiger partial charge in [0.05, 0.1) is 19.6 Å². The van der Waals surface area contributed by atoms with Crippen molar-refractivity contribution in [3.63, 3.8) is 0 Å². The second kappa shape index (κ2) is 5.98. The van der Waals surface area contributed by atoms with Crippen LogP contribution in [0, 0.1) is 0 Å². The topological polar surface area (TPSA) is 49.8 Å². The molecule has 0 fully saturated rings. The van der Waals surface area contributed by atoms with E-state index in [1.165, 1.54) is 14.2 Å². The number of rotatable bonds is 4. The molecule has 1 aromatic rings. The van der Waals surface area contributed by atoms with Crippen LogP contribution in [0.5, 0.6) is 0 Å². The zero-order valence-corrected chi connectivity index (χ0v) is 10.8. The third-order valence-electron chi connectivity index (χ3n) is 2.25. The van der Waals surface area contributed by atoms with Gasteiger partial charge in [0.15, 0.2) is 0 Å². The van der Waals surface area contributed by atoms with Gasteiger partial charge in [0.2, 0.25) is 5.91 Å². The number of nitrogens with zero attached hydrogens (tertiary/aromatic N) is 1. The average molecular weight is 288 g/mol. The van der Waals surface area contributed by atoms with Crippen molar-refractivity contribution >= 4 is 21.8 Å². The third-order valence-corrected chi connectivity index (χ3v) is 2.78. The fourth-order valence-electron chi connectivity index (χ4n) is 1.20. The molecule has 0 aromatic heterocycles. The minimum atomic E-state index is -0.807. The van der Waals surface area contributed by atoms with Gasteiger partial charge >= 0.3 is 0 Å². The molecule has 1 unspecified atom stereocenters. The van der Waals surface area contributed by atoms with E-state index in [1.54, 1.807) is 12.1 Å². The van der Waals surface area contributed by atoms with E-state index < -0.39 is 6.10 Å². The average Bonchev–Trinajstić information content (AvgIpc) is 2.28. The van der Waals surface area contributed by atoms with E-state index in [0.717, 1.165) is 9.54 Å². The van der Waals surface area contributed by atoms with Crippen LogP contribution in [-0.2, 0) is 9.63 Å². The van der Waals surface area contributed by atoms with Crippen LogP contribution in [0.3, 0.4) is 0 Å². The summed E-state index contributed by atoms with van der Waals surface area (Å²) in [5.41, 5.74) is 0.709. The van der Waals surface area contributed by atoms with E-state index in [9.17, 15) is 9.90 Å². The van der Waals surface area contributed by atoms with Crippen molar-refractivity contribution in [2.45, 2.75) is 12.5 Å². The van der Waals surface area contributed by atoms with E-state index in [4.69, 9.17) is 4.84 Å². The van der Waals surface area contributed by atoms with E-state index in [2.05, 4.69) is 15.9 Å². The molecule has 0 heterocycles. The summed E-state index contributed by atoms with van der Waals surface area (Å²) in [6.45, 7) is 0. The lowest BCUT2D eigenvalue weighted by Gasteiger charge is -2.16. The molecule has 1 aromatic carbocycles. The summed E-state index contributed by atoms with van der Waals surface area (Å²) >= 11 is 3.30. The number of halogens is 1. The summed E-state index contributed by atoms with van der Waals surface area (Å²) in [5.74, 6) is -0.266. The zero-order chi connectivity index (χ0) is 12.1. The molecule has 1 N–H and O–H groups in total. The fourth-order valence-corrected chi connectivity index (χ4v) is 1.46. The van der Waals surface area contributed by atoms with Gasteiger partial charge in [-0.05, 0) is 17.7 Å². The van der Waals surface area contributed by atoms with Gasteiger partial charge in [-0.15, -0.1) is 0 Å². The van der Waals surface area contributed by atoms with Crippen LogP contribution in [0.1, 0.15) is 18.1 Å². The fraction of sp³-hybridized carbons (Fsp3) is 0.364. The van der Waals surface area contributed by atoms with Gasteiger partial charge in [-0.2, -0.15) is 0 Å². The molecule has 1 rings (SSSR count). The lowest BCUT2D eigenvalue weighted by molar-refractivity contribution is -0.170. The van der Waals surface area contributed by atoms with Gasteiger partial charge in [0, 0.05) is 11.5 Å². The minimum absolute atomic E-state index is 0.00592. The molecule has 0 radical (unpaired) electrons. The molecule has 88 valence electrons. The standard InChI is InChI=1S/C11H14BrNO3/c1-13(16-2)11(15)7-10(14)8-3-5-9(12)6-4-8/h3-6,10,14H,7H2,1-2H3. The molecule has 0 aliphatic carbocycles. The highest BCUT2D eigenvalue weighted by atomic mass is 79.9. The minimum Gasteiger partial charge on any atom is -0.388 e. The number of hydrogen-bond donors (Lipinski definition) is 1. The highest BCUT2D eigenvalue weighted by Gasteiger charge is 2.16. The highest BCUT2D eigenvalue weighted by molar-refractivity contribution is 9.10. The van der Waals surface area contributed by atoms with Gasteiger partial charge in [-0.3, -0.25) is 9.63 Å². The summed E-state index contributed by atoms with van der Waals surface area (Å²) in [6, 6.07) is 7.19. The Balaban J connectivity index is 2.62. The van der Waals surface area contributed by atoms with Crippen LogP contribution in [0.4, 0.5) is 0 Å². The first-order valence-electron chi connectivity index (χ1n) is 4.78. The summed E-state index contributed by atoms with van der Waals surface area (Å²) in [5, 5.41) is 10.9. The Labute approximate surface area is 103 Å². The molecule has 0 saturated carbocycles. The van der Waals surface area contributed by atoms with E-state index in [0.29, 0.717) is 5.56 Å². The van der Waals surface area contributed by atoms with Crippen molar-refractivity contribution in [2.24, 2.45) is 0 Å². The predicted octanol–water partition coefficient (Wildman–Crippen LogP) is 1.89. The lowest BCUT2D eigenvalue weighted by Crippen LogP contribution is -2.26. The number of amides is 1. The first kappa shape index (κ1) is 13.2. The summed E-state index contributed by atoms with van der Waals surface area (Å²) in [7, 11) is 2.92. The van der Waals surface area contributed by atoms with Crippen molar-refractivity contribution in [2.75, 3.05) is 14.2 Å². The first-order valence-corrected chi connectivity index (χ1v) is 5.58. The number of carbonyl (C=O) groups excluding carboxylic acids is 1. The molecule has 0 aliphatic rings. The molecule has 4 nitrogen and oxygen atoms in total. The number of benzene rings is 1. The van der Waals surface area contributed by atoms with Crippen molar-refractivity contribution in [1.29, 1.82) is 0 Å². The molecule has 0 saturated heterocycles. The number of aliphatic hydroxyl groups excluding tert-OH is 1. The smallest absolute Gasteiger partial charge is 0.248 e. The maximum Gasteiger partial charge on any atom is 0.248 e. The molecular formula is C11H14BrNO3. The number of aliphatic hydroxyl groups is 1. The van der Waals surface area contributed by atoms with Gasteiger partial charge in [0.1, 0.15) is 0 Å². The Morgan fingerprint density at radius 3 is 2.56 bits per heavy atom. The Hall–Kier alpha value is -0.910. The van der Waals surface area contributed by atoms with Gasteiger partial charge < -0.3 is 5.11 Å². The van der Waals surface area contributed by atoms with Crippen LogP contribution in [0.2, 0.25) is 0 Å². The molecule has 0 aliphatic heterocycles. The maximum atomic E-state index is 11.5. The molecular weight excluding hydrogens is 274 g/mol. The molecule has 0 bridgehead atoms. The van der Waals surface area contributed by atoms with Crippen LogP contribution in [0.25, 0.3) is 0 Å². The summed E-state index contributed by atoms with van der Waals surface area (Å²) < 4.78 is 0.934. The predicted molar refractivity (Wildman–Crippen MR) is 63.5 cm³/mol. The van der Waals surface area contributed by atoms with Crippen molar-refractivity contribution in [1.82, 2.24) is 5.06 Å². The molecule has 1 amide bonds. The second-order valence-electron chi connectivity index (χ2n) is 3.35. The molecule has 0 spiro atoms. The maximum absolute atomic E-state index is 11.5. The van der Waals surface area contributed by atoms with Crippen molar-refractivity contribution in [3.8, 4) is 0 Å². The quantitative estimate of drug-likeness (QED) is 0.861. The zero-order valence-electron chi connectivity index (χ0n) is 9.18. The molecule has 1 atom stereocenters. The second-order valence-corrected chi connectivity index (χ2v) is 4.26. The first-order chi connectivity index (χ1) is 7.54. The van der Waals surface area contributed by atoms with Gasteiger partial charge in [-0.25, -0.2) is 5.06 Å². The van der Waals surface area contributed by atoms with E-state index >= 15 is 0 Å². The van der Waals surface area contributed by atoms with Gasteiger partial charge in [0.25, 0.3) is 0 Å². The Bertz CT molecular complexity index is 353. The Morgan fingerprint density at radius 1 is 1.50 bits per heavy atom. The van der Waals surface area contributed by atoms with Crippen LogP contribution in [0.15, 0.2) is 28.7 Å². The summed E-state index contributed by atoms with van der Waals surface area (Å²) in [6.07, 6.45) is -0.801. The van der Waals surface area contributed by atoms with Crippen LogP contribution < -0.4 is 0 Å². The Kier molecular flexibility index (Phi) is 4.92. The SMILES string of the molecule is CON(C)C(=O)CC(O)c1ccc(Br)cc1. The molecule has 16 heavy (non-hydrogen) atoms. The van der Waals surface area contributed by atoms with Crippen molar-refractivity contribution < 1.29 is 14.7 Å². The van der Waals surface area contributed by atoms with E-state index in [1.807, 2.05) is 12.1 Å². The summed E-state index contributed by atoms with van der Waals surface area (Å²) in [4.78, 5) is 16.2. The Morgan fingerprint density at radius 2 is 2.06 bits per heavy atom. The number of hydroxylamine groups is 2. The molecule has 5 heteroatoms. The number of carbonyl (C=O) groups is 1.